The molecule has 0 saturated carbocycles. The van der Waals surface area contributed by atoms with Crippen molar-refractivity contribution >= 4 is 28.4 Å². The Labute approximate surface area is 140 Å². The smallest absolute Gasteiger partial charge is 0.260 e. The third kappa shape index (κ3) is 2.85. The van der Waals surface area contributed by atoms with Gasteiger partial charge in [-0.15, -0.1) is 0 Å². The SMILES string of the molecule is CCn1c(=O)c(C2=CC(C)CC=C2C)cc2cnc(SC)nc21. The van der Waals surface area contributed by atoms with Crippen molar-refractivity contribution in [2.24, 2.45) is 5.92 Å². The van der Waals surface area contributed by atoms with E-state index in [1.807, 2.05) is 25.4 Å². The highest BCUT2D eigenvalue weighted by Gasteiger charge is 2.18. The highest BCUT2D eigenvalue weighted by molar-refractivity contribution is 7.98. The largest absolute Gasteiger partial charge is 0.292 e. The second-order valence-electron chi connectivity index (χ2n) is 5.92. The molecule has 0 spiro atoms. The number of hydrogen-bond donors (Lipinski definition) is 0. The van der Waals surface area contributed by atoms with Crippen molar-refractivity contribution in [1.29, 1.82) is 0 Å². The van der Waals surface area contributed by atoms with Gasteiger partial charge < -0.3 is 0 Å². The van der Waals surface area contributed by atoms with E-state index >= 15 is 0 Å². The maximum Gasteiger partial charge on any atom is 0.260 e. The highest BCUT2D eigenvalue weighted by Crippen LogP contribution is 2.30. The lowest BCUT2D eigenvalue weighted by Gasteiger charge is -2.18. The van der Waals surface area contributed by atoms with Crippen molar-refractivity contribution < 1.29 is 0 Å². The fourth-order valence-electron chi connectivity index (χ4n) is 2.99. The summed E-state index contributed by atoms with van der Waals surface area (Å²) < 4.78 is 1.75. The highest BCUT2D eigenvalue weighted by atomic mass is 32.2. The first kappa shape index (κ1) is 16.0. The van der Waals surface area contributed by atoms with E-state index in [9.17, 15) is 4.79 Å². The molecule has 2 aromatic rings. The molecule has 4 nitrogen and oxygen atoms in total. The number of hydrogen-bond acceptors (Lipinski definition) is 4. The number of fused-ring (bicyclic) bond motifs is 1. The normalized spacial score (nSPS) is 18.0. The molecule has 1 aliphatic carbocycles. The third-order valence-corrected chi connectivity index (χ3v) is 4.83. The van der Waals surface area contributed by atoms with Crippen molar-refractivity contribution in [3.05, 3.63) is 45.9 Å². The maximum atomic E-state index is 13.0. The fourth-order valence-corrected chi connectivity index (χ4v) is 3.32. The molecule has 5 heteroatoms. The predicted molar refractivity (Wildman–Crippen MR) is 96.8 cm³/mol. The molecule has 1 aliphatic rings. The Bertz CT molecular complexity index is 880. The van der Waals surface area contributed by atoms with Crippen molar-refractivity contribution in [3.8, 4) is 0 Å². The number of allylic oxidation sites excluding steroid dienone is 4. The second kappa shape index (κ2) is 6.32. The first-order valence-electron chi connectivity index (χ1n) is 7.89. The summed E-state index contributed by atoms with van der Waals surface area (Å²) in [6.45, 7) is 6.83. The molecule has 23 heavy (non-hydrogen) atoms. The molecule has 0 amide bonds. The van der Waals surface area contributed by atoms with Crippen molar-refractivity contribution in [1.82, 2.24) is 14.5 Å². The van der Waals surface area contributed by atoms with Crippen molar-refractivity contribution in [3.63, 3.8) is 0 Å². The lowest BCUT2D eigenvalue weighted by Crippen LogP contribution is -2.24. The summed E-state index contributed by atoms with van der Waals surface area (Å²) in [5, 5.41) is 1.60. The molecule has 120 valence electrons. The van der Waals surface area contributed by atoms with Gasteiger partial charge in [-0.05, 0) is 49.7 Å². The number of thioether (sulfide) groups is 1. The van der Waals surface area contributed by atoms with Crippen LogP contribution in [0.2, 0.25) is 0 Å². The van der Waals surface area contributed by atoms with Gasteiger partial charge in [-0.1, -0.05) is 30.8 Å². The van der Waals surface area contributed by atoms with Crippen LogP contribution < -0.4 is 5.56 Å². The van der Waals surface area contributed by atoms with Crippen molar-refractivity contribution in [2.75, 3.05) is 6.26 Å². The lowest BCUT2D eigenvalue weighted by molar-refractivity contribution is 0.727. The Kier molecular flexibility index (Phi) is 4.39. The fraction of sp³-hybridized carbons (Fsp3) is 0.389. The molecule has 0 saturated heterocycles. The van der Waals surface area contributed by atoms with Gasteiger partial charge in [-0.3, -0.25) is 9.36 Å². The first-order valence-corrected chi connectivity index (χ1v) is 9.11. The predicted octanol–water partition coefficient (Wildman–Crippen LogP) is 3.90. The molecular weight excluding hydrogens is 306 g/mol. The summed E-state index contributed by atoms with van der Waals surface area (Å²) in [7, 11) is 0. The monoisotopic (exact) mass is 327 g/mol. The molecule has 0 N–H and O–H groups in total. The van der Waals surface area contributed by atoms with Crippen LogP contribution in [0.4, 0.5) is 0 Å². The van der Waals surface area contributed by atoms with Gasteiger partial charge in [-0.2, -0.15) is 0 Å². The van der Waals surface area contributed by atoms with E-state index in [0.717, 1.165) is 22.9 Å². The topological polar surface area (TPSA) is 47.8 Å². The molecule has 1 atom stereocenters. The minimum Gasteiger partial charge on any atom is -0.292 e. The molecule has 2 aromatic heterocycles. The average Bonchev–Trinajstić information content (AvgIpc) is 2.56. The zero-order valence-corrected chi connectivity index (χ0v) is 14.8. The van der Waals surface area contributed by atoms with Crippen LogP contribution in [0.1, 0.15) is 32.8 Å². The molecule has 0 aliphatic heterocycles. The van der Waals surface area contributed by atoms with Crippen molar-refractivity contribution in [2.45, 2.75) is 38.9 Å². The van der Waals surface area contributed by atoms with E-state index in [4.69, 9.17) is 0 Å². The van der Waals surface area contributed by atoms with Gasteiger partial charge in [0.2, 0.25) is 0 Å². The van der Waals surface area contributed by atoms with Gasteiger partial charge in [0, 0.05) is 23.7 Å². The summed E-state index contributed by atoms with van der Waals surface area (Å²) >= 11 is 1.48. The van der Waals surface area contributed by atoms with E-state index in [2.05, 4.69) is 36.0 Å². The minimum atomic E-state index is 0.0267. The first-order chi connectivity index (χ1) is 11.0. The third-order valence-electron chi connectivity index (χ3n) is 4.27. The minimum absolute atomic E-state index is 0.0267. The quantitative estimate of drug-likeness (QED) is 0.633. The molecule has 1 unspecified atom stereocenters. The summed E-state index contributed by atoms with van der Waals surface area (Å²) in [5.41, 5.74) is 3.71. The van der Waals surface area contributed by atoms with Gasteiger partial charge in [-0.25, -0.2) is 9.97 Å². The van der Waals surface area contributed by atoms with Crippen LogP contribution in [0.25, 0.3) is 16.6 Å². The number of pyridine rings is 1. The Morgan fingerprint density at radius 2 is 2.22 bits per heavy atom. The van der Waals surface area contributed by atoms with Crippen LogP contribution in [0.5, 0.6) is 0 Å². The zero-order valence-electron chi connectivity index (χ0n) is 14.0. The van der Waals surface area contributed by atoms with Crippen LogP contribution >= 0.6 is 11.8 Å². The molecule has 3 rings (SSSR count). The van der Waals surface area contributed by atoms with Gasteiger partial charge in [0.05, 0.1) is 0 Å². The number of nitrogens with zero attached hydrogens (tertiary/aromatic N) is 3. The molecule has 0 aromatic carbocycles. The molecule has 0 radical (unpaired) electrons. The number of aromatic nitrogens is 3. The average molecular weight is 327 g/mol. The van der Waals surface area contributed by atoms with E-state index in [1.165, 1.54) is 17.3 Å². The Morgan fingerprint density at radius 3 is 2.91 bits per heavy atom. The van der Waals surface area contributed by atoms with Gasteiger partial charge in [0.15, 0.2) is 5.16 Å². The number of aryl methyl sites for hydroxylation is 1. The Morgan fingerprint density at radius 1 is 1.43 bits per heavy atom. The summed E-state index contributed by atoms with van der Waals surface area (Å²) in [5.74, 6) is 0.453. The van der Waals surface area contributed by atoms with Crippen LogP contribution in [0.15, 0.2) is 39.9 Å². The Hall–Kier alpha value is -1.88. The van der Waals surface area contributed by atoms with Gasteiger partial charge >= 0.3 is 0 Å². The van der Waals surface area contributed by atoms with E-state index < -0.39 is 0 Å². The lowest BCUT2D eigenvalue weighted by atomic mass is 9.88. The number of rotatable bonds is 3. The van der Waals surface area contributed by atoms with Crippen LogP contribution in [-0.4, -0.2) is 20.8 Å². The van der Waals surface area contributed by atoms with E-state index in [1.54, 1.807) is 4.57 Å². The van der Waals surface area contributed by atoms with Crippen LogP contribution in [0.3, 0.4) is 0 Å². The molecule has 0 fully saturated rings. The Balaban J connectivity index is 2.29. The molecular formula is C18H21N3OS. The standard InChI is InChI=1S/C18H21N3OS/c1-5-21-16-13(10-19-18(20-16)23-4)9-15(17(21)22)14-8-11(2)6-7-12(14)3/h7-11H,5-6H2,1-4H3. The summed E-state index contributed by atoms with van der Waals surface area (Å²) in [6, 6.07) is 1.94. The van der Waals surface area contributed by atoms with Gasteiger partial charge in [0.25, 0.3) is 5.56 Å². The maximum absolute atomic E-state index is 13.0. The summed E-state index contributed by atoms with van der Waals surface area (Å²) in [6.07, 6.45) is 9.20. The van der Waals surface area contributed by atoms with E-state index in [-0.39, 0.29) is 5.56 Å². The van der Waals surface area contributed by atoms with Crippen LogP contribution in [0, 0.1) is 5.92 Å². The zero-order chi connectivity index (χ0) is 16.6. The van der Waals surface area contributed by atoms with Crippen LogP contribution in [-0.2, 0) is 6.54 Å². The van der Waals surface area contributed by atoms with E-state index in [0.29, 0.717) is 23.3 Å². The second-order valence-corrected chi connectivity index (χ2v) is 6.70. The molecule has 0 bridgehead atoms. The summed E-state index contributed by atoms with van der Waals surface area (Å²) in [4.78, 5) is 21.9. The molecule has 2 heterocycles. The van der Waals surface area contributed by atoms with Gasteiger partial charge in [0.1, 0.15) is 5.65 Å².